The highest BCUT2D eigenvalue weighted by molar-refractivity contribution is 7.25. The minimum atomic E-state index is 0.367. The quantitative estimate of drug-likeness (QED) is 0.219. The van der Waals surface area contributed by atoms with Crippen LogP contribution in [0.4, 0.5) is 0 Å². The van der Waals surface area contributed by atoms with Crippen molar-refractivity contribution in [1.82, 2.24) is 4.57 Å². The van der Waals surface area contributed by atoms with Gasteiger partial charge in [-0.1, -0.05) is 91.0 Å². The second kappa shape index (κ2) is 9.46. The molecule has 0 fully saturated rings. The molecule has 3 nitrogen and oxygen atoms in total. The van der Waals surface area contributed by atoms with E-state index in [9.17, 15) is 10.5 Å². The largest absolute Gasteiger partial charge is 0.307 e. The molecule has 0 bridgehead atoms. The first kappa shape index (κ1) is 24.1. The molecular weight excluding hydrogens is 531 g/mol. The topological polar surface area (TPSA) is 52.5 Å². The van der Waals surface area contributed by atoms with Crippen molar-refractivity contribution in [2.45, 2.75) is 0 Å². The Morgan fingerprint density at radius 3 is 1.79 bits per heavy atom. The highest BCUT2D eigenvalue weighted by Crippen LogP contribution is 2.40. The number of thiophene rings is 1. The van der Waals surface area contributed by atoms with E-state index in [2.05, 4.69) is 108 Å². The van der Waals surface area contributed by atoms with Gasteiger partial charge in [-0.2, -0.15) is 10.5 Å². The van der Waals surface area contributed by atoms with Gasteiger partial charge in [0, 0.05) is 36.5 Å². The first-order chi connectivity index (χ1) is 20.7. The Kier molecular flexibility index (Phi) is 5.44. The highest BCUT2D eigenvalue weighted by Gasteiger charge is 2.21. The van der Waals surface area contributed by atoms with Gasteiger partial charge in [-0.25, -0.2) is 0 Å². The lowest BCUT2D eigenvalue weighted by atomic mass is 9.94. The number of aromatic nitrogens is 1. The molecule has 8 aromatic rings. The lowest BCUT2D eigenvalue weighted by Gasteiger charge is -2.17. The van der Waals surface area contributed by atoms with Gasteiger partial charge in [0.1, 0.15) is 12.1 Å². The van der Waals surface area contributed by atoms with E-state index < -0.39 is 0 Å². The normalized spacial score (nSPS) is 11.3. The summed E-state index contributed by atoms with van der Waals surface area (Å²) in [5.41, 5.74) is 7.65. The first-order valence-electron chi connectivity index (χ1n) is 13.7. The van der Waals surface area contributed by atoms with Gasteiger partial charge in [0.15, 0.2) is 0 Å². The Labute approximate surface area is 246 Å². The SMILES string of the molecule is N#Cc1ccc(-c2ccc(-c3ccc4sc5ccccc5c4c3)cc2)c(-n2c3ccccc3c3ccccc32)c1C#N. The molecule has 0 aliphatic heterocycles. The summed E-state index contributed by atoms with van der Waals surface area (Å²) in [4.78, 5) is 0. The van der Waals surface area contributed by atoms with Crippen LogP contribution >= 0.6 is 11.3 Å². The van der Waals surface area contributed by atoms with E-state index in [1.165, 1.54) is 20.2 Å². The molecule has 0 saturated heterocycles. The van der Waals surface area contributed by atoms with E-state index in [1.54, 1.807) is 6.07 Å². The van der Waals surface area contributed by atoms with E-state index in [-0.39, 0.29) is 0 Å². The van der Waals surface area contributed by atoms with E-state index >= 15 is 0 Å². The number of rotatable bonds is 3. The summed E-state index contributed by atoms with van der Waals surface area (Å²) in [5.74, 6) is 0. The number of hydrogen-bond donors (Lipinski definition) is 0. The van der Waals surface area contributed by atoms with Crippen molar-refractivity contribution in [3.05, 3.63) is 139 Å². The second-order valence-corrected chi connectivity index (χ2v) is 11.4. The molecule has 0 saturated carbocycles. The van der Waals surface area contributed by atoms with E-state index in [0.29, 0.717) is 11.1 Å². The van der Waals surface area contributed by atoms with E-state index in [1.807, 2.05) is 41.7 Å². The molecule has 0 aliphatic carbocycles. The fourth-order valence-corrected chi connectivity index (χ4v) is 7.26. The van der Waals surface area contributed by atoms with Crippen LogP contribution in [0, 0.1) is 22.7 Å². The Morgan fingerprint density at radius 1 is 0.500 bits per heavy atom. The number of benzene rings is 6. The molecule has 194 valence electrons. The highest BCUT2D eigenvalue weighted by atomic mass is 32.1. The Balaban J connectivity index is 1.33. The standard InChI is InChI=1S/C38H21N3S/c39-22-27-17-19-28(38(33(27)23-40)41-34-10-4-1-7-29(34)30-8-2-5-11-35(30)41)25-15-13-24(14-16-25)26-18-20-37-32(21-26)31-9-3-6-12-36(31)42-37/h1-21H. The fourth-order valence-electron chi connectivity index (χ4n) is 6.17. The first-order valence-corrected chi connectivity index (χ1v) is 14.5. The number of hydrogen-bond acceptors (Lipinski definition) is 3. The molecule has 0 aliphatic rings. The van der Waals surface area contributed by atoms with Crippen LogP contribution in [-0.2, 0) is 0 Å². The molecule has 0 unspecified atom stereocenters. The van der Waals surface area contributed by atoms with Crippen molar-refractivity contribution in [3.8, 4) is 40.1 Å². The molecule has 4 heteroatoms. The minimum absolute atomic E-state index is 0.367. The molecule has 2 aromatic heterocycles. The van der Waals surface area contributed by atoms with Crippen LogP contribution in [0.15, 0.2) is 127 Å². The van der Waals surface area contributed by atoms with Crippen molar-refractivity contribution in [1.29, 1.82) is 10.5 Å². The van der Waals surface area contributed by atoms with Gasteiger partial charge < -0.3 is 4.57 Å². The van der Waals surface area contributed by atoms with Crippen LogP contribution < -0.4 is 0 Å². The zero-order chi connectivity index (χ0) is 28.2. The van der Waals surface area contributed by atoms with Gasteiger partial charge in [-0.3, -0.25) is 0 Å². The maximum absolute atomic E-state index is 10.4. The van der Waals surface area contributed by atoms with Crippen molar-refractivity contribution in [3.63, 3.8) is 0 Å². The third kappa shape index (κ3) is 3.57. The van der Waals surface area contributed by atoms with Crippen molar-refractivity contribution in [2.24, 2.45) is 0 Å². The predicted octanol–water partition coefficient (Wildman–Crippen LogP) is 10.2. The smallest absolute Gasteiger partial charge is 0.103 e. The fraction of sp³-hybridized carbons (Fsp3) is 0. The number of fused-ring (bicyclic) bond motifs is 6. The summed E-state index contributed by atoms with van der Waals surface area (Å²) < 4.78 is 4.73. The summed E-state index contributed by atoms with van der Waals surface area (Å²) in [7, 11) is 0. The van der Waals surface area contributed by atoms with Crippen molar-refractivity contribution in [2.75, 3.05) is 0 Å². The van der Waals surface area contributed by atoms with Gasteiger partial charge in [0.2, 0.25) is 0 Å². The van der Waals surface area contributed by atoms with Gasteiger partial charge >= 0.3 is 0 Å². The molecule has 0 atom stereocenters. The van der Waals surface area contributed by atoms with Crippen LogP contribution in [0.3, 0.4) is 0 Å². The molecule has 0 spiro atoms. The Bertz CT molecular complexity index is 2380. The van der Waals surface area contributed by atoms with Gasteiger partial charge in [-0.05, 0) is 53.1 Å². The van der Waals surface area contributed by atoms with Gasteiger partial charge in [0.25, 0.3) is 0 Å². The summed E-state index contributed by atoms with van der Waals surface area (Å²) in [5, 5.41) is 25.1. The van der Waals surface area contributed by atoms with Crippen molar-refractivity contribution >= 4 is 53.3 Å². The number of para-hydroxylation sites is 2. The van der Waals surface area contributed by atoms with Crippen LogP contribution in [0.25, 0.3) is 69.9 Å². The monoisotopic (exact) mass is 551 g/mol. The summed E-state index contributed by atoms with van der Waals surface area (Å²) in [6.45, 7) is 0. The minimum Gasteiger partial charge on any atom is -0.307 e. The Hall–Kier alpha value is -5.68. The van der Waals surface area contributed by atoms with Crippen LogP contribution in [0.5, 0.6) is 0 Å². The third-order valence-electron chi connectivity index (χ3n) is 8.12. The molecule has 6 aromatic carbocycles. The molecule has 42 heavy (non-hydrogen) atoms. The number of nitrogens with zero attached hydrogens (tertiary/aromatic N) is 3. The summed E-state index contributed by atoms with van der Waals surface area (Å²) in [6, 6.07) is 48.5. The maximum atomic E-state index is 10.4. The summed E-state index contributed by atoms with van der Waals surface area (Å²) in [6.07, 6.45) is 0. The molecule has 8 rings (SSSR count). The predicted molar refractivity (Wildman–Crippen MR) is 174 cm³/mol. The molecule has 2 heterocycles. The zero-order valence-electron chi connectivity index (χ0n) is 22.4. The van der Waals surface area contributed by atoms with Crippen LogP contribution in [0.1, 0.15) is 11.1 Å². The second-order valence-electron chi connectivity index (χ2n) is 10.4. The molecule has 0 N–H and O–H groups in total. The van der Waals surface area contributed by atoms with E-state index in [0.717, 1.165) is 49.7 Å². The maximum Gasteiger partial charge on any atom is 0.103 e. The lowest BCUT2D eigenvalue weighted by Crippen LogP contribution is -2.03. The summed E-state index contributed by atoms with van der Waals surface area (Å²) >= 11 is 1.82. The Morgan fingerprint density at radius 2 is 1.10 bits per heavy atom. The third-order valence-corrected chi connectivity index (χ3v) is 9.27. The van der Waals surface area contributed by atoms with Crippen LogP contribution in [-0.4, -0.2) is 4.57 Å². The molecular formula is C38H21N3S. The average molecular weight is 552 g/mol. The number of nitriles is 2. The molecule has 0 amide bonds. The van der Waals surface area contributed by atoms with Crippen LogP contribution in [0.2, 0.25) is 0 Å². The average Bonchev–Trinajstić information content (AvgIpc) is 3.59. The van der Waals surface area contributed by atoms with E-state index in [4.69, 9.17) is 0 Å². The van der Waals surface area contributed by atoms with Gasteiger partial charge in [0.05, 0.1) is 27.8 Å². The molecule has 0 radical (unpaired) electrons. The van der Waals surface area contributed by atoms with Crippen molar-refractivity contribution < 1.29 is 0 Å². The van der Waals surface area contributed by atoms with Gasteiger partial charge in [-0.15, -0.1) is 11.3 Å². The zero-order valence-corrected chi connectivity index (χ0v) is 23.2. The lowest BCUT2D eigenvalue weighted by molar-refractivity contribution is 1.16.